The Labute approximate surface area is 119 Å². The van der Waals surface area contributed by atoms with Crippen molar-refractivity contribution < 1.29 is 8.42 Å². The second kappa shape index (κ2) is 6.59. The van der Waals surface area contributed by atoms with Crippen LogP contribution in [-0.4, -0.2) is 21.2 Å². The molecule has 0 fully saturated rings. The van der Waals surface area contributed by atoms with Gasteiger partial charge < -0.3 is 0 Å². The number of allylic oxidation sites excluding steroid dienone is 1. The maximum absolute atomic E-state index is 12.1. The van der Waals surface area contributed by atoms with Gasteiger partial charge in [0.05, 0.1) is 4.90 Å². The average Bonchev–Trinajstić information content (AvgIpc) is 2.46. The molecule has 0 spiro atoms. The zero-order valence-corrected chi connectivity index (χ0v) is 12.7. The summed E-state index contributed by atoms with van der Waals surface area (Å²) in [5, 5.41) is 0. The lowest BCUT2D eigenvalue weighted by atomic mass is 10.0. The van der Waals surface area contributed by atoms with E-state index in [0.717, 1.165) is 24.2 Å². The third-order valence-corrected chi connectivity index (χ3v) is 5.40. The summed E-state index contributed by atoms with van der Waals surface area (Å²) >= 11 is 1.60. The summed E-state index contributed by atoms with van der Waals surface area (Å²) in [7, 11) is -3.38. The van der Waals surface area contributed by atoms with Crippen LogP contribution in [0.2, 0.25) is 0 Å². The Morgan fingerprint density at radius 2 is 1.95 bits per heavy atom. The second-order valence-corrected chi connectivity index (χ2v) is 7.25. The fourth-order valence-corrected chi connectivity index (χ4v) is 3.54. The van der Waals surface area contributed by atoms with Crippen molar-refractivity contribution in [2.24, 2.45) is 0 Å². The minimum Gasteiger partial charge on any atom is -0.207 e. The number of benzene rings is 1. The van der Waals surface area contributed by atoms with Crippen molar-refractivity contribution in [3.05, 3.63) is 35.9 Å². The molecule has 0 heterocycles. The zero-order chi connectivity index (χ0) is 13.7. The molecule has 0 radical (unpaired) electrons. The van der Waals surface area contributed by atoms with Crippen LogP contribution in [0.5, 0.6) is 0 Å². The van der Waals surface area contributed by atoms with Gasteiger partial charge in [-0.3, -0.25) is 0 Å². The van der Waals surface area contributed by atoms with Crippen molar-refractivity contribution in [3.8, 4) is 0 Å². The number of sulfonamides is 1. The monoisotopic (exact) mass is 297 g/mol. The highest BCUT2D eigenvalue weighted by Gasteiger charge is 2.14. The van der Waals surface area contributed by atoms with Gasteiger partial charge >= 0.3 is 0 Å². The zero-order valence-electron chi connectivity index (χ0n) is 11.1. The Balaban J connectivity index is 2.02. The summed E-state index contributed by atoms with van der Waals surface area (Å²) < 4.78 is 26.9. The topological polar surface area (TPSA) is 46.2 Å². The molecule has 1 aromatic rings. The Bertz CT molecular complexity index is 547. The van der Waals surface area contributed by atoms with Crippen molar-refractivity contribution in [3.63, 3.8) is 0 Å². The lowest BCUT2D eigenvalue weighted by Crippen LogP contribution is -2.26. The molecule has 104 valence electrons. The van der Waals surface area contributed by atoms with Crippen LogP contribution in [0.25, 0.3) is 0 Å². The number of hydrogen-bond acceptors (Lipinski definition) is 3. The third kappa shape index (κ3) is 4.09. The fourth-order valence-electron chi connectivity index (χ4n) is 2.09. The van der Waals surface area contributed by atoms with Gasteiger partial charge in [0.25, 0.3) is 0 Å². The second-order valence-electron chi connectivity index (χ2n) is 4.61. The molecule has 3 nitrogen and oxygen atoms in total. The Morgan fingerprint density at radius 1 is 1.21 bits per heavy atom. The molecule has 1 aromatic carbocycles. The standard InChI is InChI=1S/C14H19NO2S2/c1-18-13-7-9-14(10-8-13)19(16,17)15-11-12-5-3-2-4-6-12/h5,7-10,15H,2-4,6,11H2,1H3. The van der Waals surface area contributed by atoms with Gasteiger partial charge in [0.1, 0.15) is 0 Å². The molecule has 2 rings (SSSR count). The summed E-state index contributed by atoms with van der Waals surface area (Å²) in [6, 6.07) is 6.98. The first-order valence-corrected chi connectivity index (χ1v) is 9.14. The predicted molar refractivity (Wildman–Crippen MR) is 80.0 cm³/mol. The maximum Gasteiger partial charge on any atom is 0.240 e. The van der Waals surface area contributed by atoms with Crippen LogP contribution in [-0.2, 0) is 10.0 Å². The summed E-state index contributed by atoms with van der Waals surface area (Å²) in [6.45, 7) is 0.437. The smallest absolute Gasteiger partial charge is 0.207 e. The van der Waals surface area contributed by atoms with Gasteiger partial charge in [0.2, 0.25) is 10.0 Å². The third-order valence-electron chi connectivity index (χ3n) is 3.24. The molecule has 0 saturated heterocycles. The largest absolute Gasteiger partial charge is 0.240 e. The molecule has 0 atom stereocenters. The van der Waals surface area contributed by atoms with Gasteiger partial charge in [-0.15, -0.1) is 11.8 Å². The average molecular weight is 297 g/mol. The molecular weight excluding hydrogens is 278 g/mol. The molecule has 19 heavy (non-hydrogen) atoms. The van der Waals surface area contributed by atoms with Crippen molar-refractivity contribution in [2.45, 2.75) is 35.5 Å². The van der Waals surface area contributed by atoms with Crippen LogP contribution >= 0.6 is 11.8 Å². The van der Waals surface area contributed by atoms with E-state index in [1.165, 1.54) is 12.0 Å². The molecule has 1 aliphatic rings. The number of rotatable bonds is 5. The Morgan fingerprint density at radius 3 is 2.53 bits per heavy atom. The van der Waals surface area contributed by atoms with Crippen LogP contribution in [0.3, 0.4) is 0 Å². The van der Waals surface area contributed by atoms with Crippen LogP contribution in [0, 0.1) is 0 Å². The Hall–Kier alpha value is -0.780. The summed E-state index contributed by atoms with van der Waals surface area (Å²) in [5.41, 5.74) is 1.20. The van der Waals surface area contributed by atoms with E-state index in [1.807, 2.05) is 18.4 Å². The van der Waals surface area contributed by atoms with Crippen LogP contribution in [0.15, 0.2) is 45.7 Å². The summed E-state index contributed by atoms with van der Waals surface area (Å²) in [4.78, 5) is 1.40. The molecule has 0 amide bonds. The normalized spacial score (nSPS) is 16.2. The molecule has 0 aromatic heterocycles. The minimum atomic E-state index is -3.38. The van der Waals surface area contributed by atoms with Crippen molar-refractivity contribution >= 4 is 21.8 Å². The lowest BCUT2D eigenvalue weighted by Gasteiger charge is -2.13. The minimum absolute atomic E-state index is 0.335. The van der Waals surface area contributed by atoms with Crippen LogP contribution in [0.4, 0.5) is 0 Å². The van der Waals surface area contributed by atoms with E-state index >= 15 is 0 Å². The van der Waals surface area contributed by atoms with Crippen LogP contribution < -0.4 is 4.72 Å². The van der Waals surface area contributed by atoms with Crippen LogP contribution in [0.1, 0.15) is 25.7 Å². The SMILES string of the molecule is CSc1ccc(S(=O)(=O)NCC2=CCCCC2)cc1. The lowest BCUT2D eigenvalue weighted by molar-refractivity contribution is 0.582. The Kier molecular flexibility index (Phi) is 5.07. The highest BCUT2D eigenvalue weighted by atomic mass is 32.2. The van der Waals surface area contributed by atoms with Gasteiger partial charge in [0.15, 0.2) is 0 Å². The molecule has 1 aliphatic carbocycles. The predicted octanol–water partition coefficient (Wildman–Crippen LogP) is 3.19. The first-order valence-electron chi connectivity index (χ1n) is 6.43. The van der Waals surface area contributed by atoms with Gasteiger partial charge in [-0.25, -0.2) is 13.1 Å². The highest BCUT2D eigenvalue weighted by molar-refractivity contribution is 7.98. The van der Waals surface area contributed by atoms with Gasteiger partial charge in [-0.1, -0.05) is 11.6 Å². The quantitative estimate of drug-likeness (QED) is 0.670. The molecule has 0 bridgehead atoms. The van der Waals surface area contributed by atoms with E-state index in [0.29, 0.717) is 11.4 Å². The summed E-state index contributed by atoms with van der Waals surface area (Å²) in [5.74, 6) is 0. The molecule has 0 unspecified atom stereocenters. The van der Waals surface area contributed by atoms with Gasteiger partial charge in [-0.05, 0) is 56.2 Å². The first-order chi connectivity index (χ1) is 9.12. The molecular formula is C14H19NO2S2. The molecule has 0 aliphatic heterocycles. The number of hydrogen-bond donors (Lipinski definition) is 1. The van der Waals surface area contributed by atoms with E-state index in [2.05, 4.69) is 10.8 Å². The first kappa shape index (κ1) is 14.6. The van der Waals surface area contributed by atoms with Crippen molar-refractivity contribution in [1.82, 2.24) is 4.72 Å². The van der Waals surface area contributed by atoms with Gasteiger partial charge in [0, 0.05) is 11.4 Å². The summed E-state index contributed by atoms with van der Waals surface area (Å²) in [6.07, 6.45) is 8.58. The molecule has 5 heteroatoms. The fraction of sp³-hybridized carbons (Fsp3) is 0.429. The van der Waals surface area contributed by atoms with E-state index in [4.69, 9.17) is 0 Å². The molecule has 0 saturated carbocycles. The molecule has 1 N–H and O–H groups in total. The number of nitrogens with one attached hydrogen (secondary N) is 1. The van der Waals surface area contributed by atoms with E-state index < -0.39 is 10.0 Å². The van der Waals surface area contributed by atoms with E-state index in [9.17, 15) is 8.42 Å². The number of thioether (sulfide) groups is 1. The van der Waals surface area contributed by atoms with Crippen molar-refractivity contribution in [2.75, 3.05) is 12.8 Å². The van der Waals surface area contributed by atoms with Gasteiger partial charge in [-0.2, -0.15) is 0 Å². The van der Waals surface area contributed by atoms with E-state index in [-0.39, 0.29) is 0 Å². The maximum atomic E-state index is 12.1. The highest BCUT2D eigenvalue weighted by Crippen LogP contribution is 2.19. The van der Waals surface area contributed by atoms with E-state index in [1.54, 1.807) is 23.9 Å². The van der Waals surface area contributed by atoms with Crippen molar-refractivity contribution in [1.29, 1.82) is 0 Å².